The lowest BCUT2D eigenvalue weighted by Gasteiger charge is -2.61. The molecular formula is C16H22O. The first-order valence-electron chi connectivity index (χ1n) is 6.86. The fourth-order valence-corrected chi connectivity index (χ4v) is 4.28. The molecule has 0 aliphatic heterocycles. The van der Waals surface area contributed by atoms with E-state index in [1.165, 1.54) is 11.1 Å². The van der Waals surface area contributed by atoms with Gasteiger partial charge < -0.3 is 5.11 Å². The first-order chi connectivity index (χ1) is 8.09. The zero-order valence-corrected chi connectivity index (χ0v) is 11.0. The van der Waals surface area contributed by atoms with Crippen molar-refractivity contribution in [1.82, 2.24) is 0 Å². The second kappa shape index (κ2) is 3.58. The van der Waals surface area contributed by atoms with Crippen LogP contribution >= 0.6 is 0 Å². The maximum absolute atomic E-state index is 10.4. The largest absolute Gasteiger partial charge is 0.392 e. The Labute approximate surface area is 104 Å². The minimum atomic E-state index is -0.103. The second-order valence-corrected chi connectivity index (χ2v) is 6.21. The lowest BCUT2D eigenvalue weighted by atomic mass is 9.45. The SMILES string of the molecule is CCC1(C)C(O)C2CC(C)c3ccccc3C21. The molecule has 0 heterocycles. The Morgan fingerprint density at radius 3 is 2.59 bits per heavy atom. The van der Waals surface area contributed by atoms with Crippen molar-refractivity contribution < 1.29 is 5.11 Å². The standard InChI is InChI=1S/C16H22O/c1-4-16(3)14-12-8-6-5-7-11(12)10(2)9-13(14)15(16)17/h5-8,10,13-15,17H,4,9H2,1-3H3. The average Bonchev–Trinajstić information content (AvgIpc) is 2.37. The molecular weight excluding hydrogens is 208 g/mol. The van der Waals surface area contributed by atoms with Crippen LogP contribution in [0.1, 0.15) is 56.6 Å². The number of hydrogen-bond donors (Lipinski definition) is 1. The summed E-state index contributed by atoms with van der Waals surface area (Å²) in [6, 6.07) is 8.85. The highest BCUT2D eigenvalue weighted by atomic mass is 16.3. The minimum Gasteiger partial charge on any atom is -0.392 e. The number of rotatable bonds is 1. The summed E-state index contributed by atoms with van der Waals surface area (Å²) in [5.41, 5.74) is 3.12. The quantitative estimate of drug-likeness (QED) is 0.780. The topological polar surface area (TPSA) is 20.2 Å². The fourth-order valence-electron chi connectivity index (χ4n) is 4.28. The Bertz CT molecular complexity index is 439. The van der Waals surface area contributed by atoms with Crippen LogP contribution in [0.5, 0.6) is 0 Å². The molecule has 0 amide bonds. The lowest BCUT2D eigenvalue weighted by molar-refractivity contribution is -0.145. The van der Waals surface area contributed by atoms with Crippen molar-refractivity contribution >= 4 is 0 Å². The number of aliphatic hydroxyl groups is 1. The molecule has 2 aliphatic rings. The molecule has 1 N–H and O–H groups in total. The molecule has 3 rings (SSSR count). The van der Waals surface area contributed by atoms with E-state index in [0.29, 0.717) is 17.8 Å². The molecule has 5 unspecified atom stereocenters. The van der Waals surface area contributed by atoms with E-state index in [0.717, 1.165) is 12.8 Å². The summed E-state index contributed by atoms with van der Waals surface area (Å²) in [4.78, 5) is 0. The van der Waals surface area contributed by atoms with E-state index < -0.39 is 0 Å². The molecule has 1 heteroatoms. The van der Waals surface area contributed by atoms with Gasteiger partial charge in [0.15, 0.2) is 0 Å². The minimum absolute atomic E-state index is 0.0981. The van der Waals surface area contributed by atoms with Gasteiger partial charge in [-0.2, -0.15) is 0 Å². The smallest absolute Gasteiger partial charge is 0.0634 e. The van der Waals surface area contributed by atoms with Crippen LogP contribution in [0.2, 0.25) is 0 Å². The molecule has 0 spiro atoms. The predicted molar refractivity (Wildman–Crippen MR) is 70.1 cm³/mol. The van der Waals surface area contributed by atoms with Gasteiger partial charge in [0.2, 0.25) is 0 Å². The van der Waals surface area contributed by atoms with Gasteiger partial charge in [-0.25, -0.2) is 0 Å². The Balaban J connectivity index is 2.08. The fraction of sp³-hybridized carbons (Fsp3) is 0.625. The van der Waals surface area contributed by atoms with Gasteiger partial charge in [-0.3, -0.25) is 0 Å². The van der Waals surface area contributed by atoms with Gasteiger partial charge in [-0.15, -0.1) is 0 Å². The first kappa shape index (κ1) is 11.3. The number of fused-ring (bicyclic) bond motifs is 3. The lowest BCUT2D eigenvalue weighted by Crippen LogP contribution is -2.59. The van der Waals surface area contributed by atoms with Crippen molar-refractivity contribution in [2.75, 3.05) is 0 Å². The van der Waals surface area contributed by atoms with Gasteiger partial charge in [-0.1, -0.05) is 45.0 Å². The van der Waals surface area contributed by atoms with Crippen molar-refractivity contribution in [2.45, 2.75) is 51.6 Å². The normalized spacial score (nSPS) is 43.5. The van der Waals surface area contributed by atoms with Gasteiger partial charge in [0.25, 0.3) is 0 Å². The third kappa shape index (κ3) is 1.29. The van der Waals surface area contributed by atoms with E-state index in [4.69, 9.17) is 0 Å². The van der Waals surface area contributed by atoms with Gasteiger partial charge >= 0.3 is 0 Å². The Morgan fingerprint density at radius 2 is 1.94 bits per heavy atom. The van der Waals surface area contributed by atoms with Gasteiger partial charge in [-0.05, 0) is 41.7 Å². The zero-order chi connectivity index (χ0) is 12.2. The van der Waals surface area contributed by atoms with Crippen LogP contribution in [0.3, 0.4) is 0 Å². The molecule has 0 radical (unpaired) electrons. The number of benzene rings is 1. The highest BCUT2D eigenvalue weighted by Crippen LogP contribution is 2.64. The molecule has 1 aromatic rings. The van der Waals surface area contributed by atoms with E-state index in [1.807, 2.05) is 0 Å². The molecule has 1 nitrogen and oxygen atoms in total. The van der Waals surface area contributed by atoms with Crippen LogP contribution in [0, 0.1) is 11.3 Å². The van der Waals surface area contributed by atoms with Crippen molar-refractivity contribution in [1.29, 1.82) is 0 Å². The highest BCUT2D eigenvalue weighted by molar-refractivity contribution is 5.41. The third-order valence-electron chi connectivity index (χ3n) is 5.47. The van der Waals surface area contributed by atoms with Gasteiger partial charge in [0, 0.05) is 5.41 Å². The molecule has 0 saturated heterocycles. The van der Waals surface area contributed by atoms with E-state index in [-0.39, 0.29) is 11.5 Å². The molecule has 92 valence electrons. The van der Waals surface area contributed by atoms with E-state index in [1.54, 1.807) is 0 Å². The summed E-state index contributed by atoms with van der Waals surface area (Å²) < 4.78 is 0. The molecule has 2 aliphatic carbocycles. The summed E-state index contributed by atoms with van der Waals surface area (Å²) in [6.45, 7) is 6.76. The Hall–Kier alpha value is -0.820. The molecule has 1 fully saturated rings. The van der Waals surface area contributed by atoms with E-state index >= 15 is 0 Å². The first-order valence-corrected chi connectivity index (χ1v) is 6.86. The van der Waals surface area contributed by atoms with Gasteiger partial charge in [0.05, 0.1) is 6.10 Å². The summed E-state index contributed by atoms with van der Waals surface area (Å²) in [6.07, 6.45) is 2.12. The molecule has 1 saturated carbocycles. The summed E-state index contributed by atoms with van der Waals surface area (Å²) in [5, 5.41) is 10.4. The van der Waals surface area contributed by atoms with Crippen LogP contribution < -0.4 is 0 Å². The summed E-state index contributed by atoms with van der Waals surface area (Å²) in [5.74, 6) is 1.67. The third-order valence-corrected chi connectivity index (χ3v) is 5.47. The number of aliphatic hydroxyl groups excluding tert-OH is 1. The maximum Gasteiger partial charge on any atom is 0.0634 e. The predicted octanol–water partition coefficient (Wildman–Crippen LogP) is 3.68. The summed E-state index contributed by atoms with van der Waals surface area (Å²) in [7, 11) is 0. The Kier molecular flexibility index (Phi) is 2.38. The second-order valence-electron chi connectivity index (χ2n) is 6.21. The maximum atomic E-state index is 10.4. The van der Waals surface area contributed by atoms with E-state index in [2.05, 4.69) is 45.0 Å². The Morgan fingerprint density at radius 1 is 1.29 bits per heavy atom. The summed E-state index contributed by atoms with van der Waals surface area (Å²) >= 11 is 0. The van der Waals surface area contributed by atoms with Gasteiger partial charge in [0.1, 0.15) is 0 Å². The zero-order valence-electron chi connectivity index (χ0n) is 11.0. The molecule has 1 aromatic carbocycles. The van der Waals surface area contributed by atoms with Crippen molar-refractivity contribution in [3.8, 4) is 0 Å². The monoisotopic (exact) mass is 230 g/mol. The van der Waals surface area contributed by atoms with E-state index in [9.17, 15) is 5.11 Å². The molecule has 0 bridgehead atoms. The number of hydrogen-bond acceptors (Lipinski definition) is 1. The van der Waals surface area contributed by atoms with Crippen molar-refractivity contribution in [3.63, 3.8) is 0 Å². The molecule has 0 aromatic heterocycles. The van der Waals surface area contributed by atoms with Crippen LogP contribution in [0.4, 0.5) is 0 Å². The van der Waals surface area contributed by atoms with Crippen molar-refractivity contribution in [2.24, 2.45) is 11.3 Å². The molecule has 5 atom stereocenters. The van der Waals surface area contributed by atoms with Crippen LogP contribution in [-0.4, -0.2) is 11.2 Å². The van der Waals surface area contributed by atoms with Crippen LogP contribution in [0.25, 0.3) is 0 Å². The van der Waals surface area contributed by atoms with Crippen LogP contribution in [0.15, 0.2) is 24.3 Å². The highest BCUT2D eigenvalue weighted by Gasteiger charge is 2.59. The van der Waals surface area contributed by atoms with Crippen LogP contribution in [-0.2, 0) is 0 Å². The average molecular weight is 230 g/mol. The molecule has 17 heavy (non-hydrogen) atoms. The van der Waals surface area contributed by atoms with Crippen molar-refractivity contribution in [3.05, 3.63) is 35.4 Å².